The molecule has 138 valence electrons. The highest BCUT2D eigenvalue weighted by molar-refractivity contribution is 5.10. The van der Waals surface area contributed by atoms with Gasteiger partial charge in [-0.05, 0) is 18.9 Å². The third-order valence-corrected chi connectivity index (χ3v) is 3.22. The van der Waals surface area contributed by atoms with Crippen LogP contribution in [0.15, 0.2) is 12.2 Å². The molecule has 0 unspecified atom stereocenters. The van der Waals surface area contributed by atoms with Crippen molar-refractivity contribution < 1.29 is 39.5 Å². The maximum absolute atomic E-state index is 13.1. The Hall–Kier alpha value is -0.890. The third-order valence-electron chi connectivity index (χ3n) is 3.22. The molecule has 0 spiro atoms. The minimum absolute atomic E-state index is 0.102. The molecule has 0 saturated heterocycles. The predicted octanol–water partition coefficient (Wildman–Crippen LogP) is 6.76. The molecule has 23 heavy (non-hydrogen) atoms. The number of allylic oxidation sites excluding steroid dienone is 2. The summed E-state index contributed by atoms with van der Waals surface area (Å²) in [5.74, 6) is -19.0. The highest BCUT2D eigenvalue weighted by atomic mass is 19.4. The van der Waals surface area contributed by atoms with E-state index in [-0.39, 0.29) is 6.42 Å². The SMILES string of the molecule is CCCCCCCC/C=C/C(F)(F)C(F)(F)C(F)(F)C(F)(F)F. The lowest BCUT2D eigenvalue weighted by Gasteiger charge is -2.32. The van der Waals surface area contributed by atoms with Crippen LogP contribution in [0.25, 0.3) is 0 Å². The molecule has 0 bridgehead atoms. The molecule has 0 aromatic rings. The summed E-state index contributed by atoms with van der Waals surface area (Å²) in [5.41, 5.74) is 0. The molecule has 0 fully saturated rings. The van der Waals surface area contributed by atoms with E-state index in [0.717, 1.165) is 25.7 Å². The van der Waals surface area contributed by atoms with Crippen molar-refractivity contribution in [2.45, 2.75) is 75.8 Å². The largest absolute Gasteiger partial charge is 0.460 e. The zero-order valence-electron chi connectivity index (χ0n) is 12.5. The second-order valence-electron chi connectivity index (χ2n) is 5.23. The molecule has 0 aliphatic rings. The fourth-order valence-electron chi connectivity index (χ4n) is 1.77. The van der Waals surface area contributed by atoms with Crippen LogP contribution in [0.2, 0.25) is 0 Å². The smallest absolute Gasteiger partial charge is 0.195 e. The number of hydrogen-bond acceptors (Lipinski definition) is 0. The van der Waals surface area contributed by atoms with Gasteiger partial charge in [0.25, 0.3) is 0 Å². The Labute approximate surface area is 128 Å². The zero-order valence-corrected chi connectivity index (χ0v) is 12.5. The number of unbranched alkanes of at least 4 members (excludes halogenated alkanes) is 6. The molecule has 0 nitrogen and oxygen atoms in total. The van der Waals surface area contributed by atoms with Crippen molar-refractivity contribution in [2.24, 2.45) is 0 Å². The van der Waals surface area contributed by atoms with Crippen LogP contribution in [0.4, 0.5) is 39.5 Å². The highest BCUT2D eigenvalue weighted by Crippen LogP contribution is 2.53. The Morgan fingerprint density at radius 1 is 0.652 bits per heavy atom. The van der Waals surface area contributed by atoms with Crippen LogP contribution >= 0.6 is 0 Å². The number of alkyl halides is 9. The summed E-state index contributed by atoms with van der Waals surface area (Å²) < 4.78 is 113. The lowest BCUT2D eigenvalue weighted by molar-refractivity contribution is -0.388. The Bertz CT molecular complexity index is 369. The first-order valence-electron chi connectivity index (χ1n) is 7.19. The summed E-state index contributed by atoms with van der Waals surface area (Å²) in [7, 11) is 0. The Morgan fingerprint density at radius 3 is 1.61 bits per heavy atom. The summed E-state index contributed by atoms with van der Waals surface area (Å²) in [6, 6.07) is 0. The molecule has 0 heterocycles. The standard InChI is InChI=1S/C14H19F9/c1-2-3-4-5-6-7-8-9-10-11(15,16)12(17,18)13(19,20)14(21,22)23/h9-10H,2-8H2,1H3/b10-9+. The van der Waals surface area contributed by atoms with Crippen LogP contribution < -0.4 is 0 Å². The first-order chi connectivity index (χ1) is 10.3. The van der Waals surface area contributed by atoms with Gasteiger partial charge >= 0.3 is 23.9 Å². The summed E-state index contributed by atoms with van der Waals surface area (Å²) in [5, 5.41) is 0. The van der Waals surface area contributed by atoms with Crippen molar-refractivity contribution in [3.8, 4) is 0 Å². The van der Waals surface area contributed by atoms with Crippen LogP contribution in [-0.4, -0.2) is 23.9 Å². The third kappa shape index (κ3) is 5.60. The molecule has 0 aromatic carbocycles. The van der Waals surface area contributed by atoms with Gasteiger partial charge in [-0.15, -0.1) is 0 Å². The van der Waals surface area contributed by atoms with E-state index in [1.54, 1.807) is 0 Å². The van der Waals surface area contributed by atoms with Crippen molar-refractivity contribution >= 4 is 0 Å². The summed E-state index contributed by atoms with van der Waals surface area (Å²) in [6.07, 6.45) is -2.22. The van der Waals surface area contributed by atoms with Gasteiger partial charge in [0.15, 0.2) is 0 Å². The summed E-state index contributed by atoms with van der Waals surface area (Å²) in [6.45, 7) is 1.99. The molecule has 9 heteroatoms. The lowest BCUT2D eigenvalue weighted by Crippen LogP contribution is -2.60. The highest BCUT2D eigenvalue weighted by Gasteiger charge is 2.81. The van der Waals surface area contributed by atoms with Crippen molar-refractivity contribution in [1.82, 2.24) is 0 Å². The quantitative estimate of drug-likeness (QED) is 0.230. The Morgan fingerprint density at radius 2 is 1.13 bits per heavy atom. The van der Waals surface area contributed by atoms with E-state index >= 15 is 0 Å². The fraction of sp³-hybridized carbons (Fsp3) is 0.857. The van der Waals surface area contributed by atoms with Crippen LogP contribution in [0.1, 0.15) is 51.9 Å². The minimum atomic E-state index is -6.83. The van der Waals surface area contributed by atoms with Gasteiger partial charge in [0.05, 0.1) is 0 Å². The van der Waals surface area contributed by atoms with Crippen LogP contribution in [-0.2, 0) is 0 Å². The van der Waals surface area contributed by atoms with Crippen molar-refractivity contribution in [3.05, 3.63) is 12.2 Å². The van der Waals surface area contributed by atoms with E-state index in [1.807, 2.05) is 6.92 Å². The molecule has 0 rings (SSSR count). The monoisotopic (exact) mass is 358 g/mol. The number of hydrogen-bond donors (Lipinski definition) is 0. The van der Waals surface area contributed by atoms with Crippen LogP contribution in [0, 0.1) is 0 Å². The van der Waals surface area contributed by atoms with Crippen molar-refractivity contribution in [1.29, 1.82) is 0 Å². The van der Waals surface area contributed by atoms with Crippen LogP contribution in [0.5, 0.6) is 0 Å². The van der Waals surface area contributed by atoms with Gasteiger partial charge in [-0.1, -0.05) is 45.1 Å². The normalized spacial score (nSPS) is 14.7. The molecule has 0 saturated carbocycles. The van der Waals surface area contributed by atoms with Gasteiger partial charge in [0, 0.05) is 0 Å². The average molecular weight is 358 g/mol. The molecule has 0 aromatic heterocycles. The van der Waals surface area contributed by atoms with Gasteiger partial charge in [-0.3, -0.25) is 0 Å². The minimum Gasteiger partial charge on any atom is -0.195 e. The molecule has 0 radical (unpaired) electrons. The molecular formula is C14H19F9. The lowest BCUT2D eigenvalue weighted by atomic mass is 10.0. The van der Waals surface area contributed by atoms with Crippen molar-refractivity contribution in [3.63, 3.8) is 0 Å². The van der Waals surface area contributed by atoms with E-state index in [4.69, 9.17) is 0 Å². The van der Waals surface area contributed by atoms with Gasteiger partial charge in [0.1, 0.15) is 0 Å². The van der Waals surface area contributed by atoms with E-state index in [2.05, 4.69) is 0 Å². The Kier molecular flexibility index (Phi) is 7.96. The van der Waals surface area contributed by atoms with Gasteiger partial charge in [-0.2, -0.15) is 39.5 Å². The molecular weight excluding hydrogens is 339 g/mol. The summed E-state index contributed by atoms with van der Waals surface area (Å²) in [4.78, 5) is 0. The van der Waals surface area contributed by atoms with Gasteiger partial charge in [-0.25, -0.2) is 0 Å². The Balaban J connectivity index is 4.64. The van der Waals surface area contributed by atoms with E-state index in [0.29, 0.717) is 18.9 Å². The topological polar surface area (TPSA) is 0 Å². The molecule has 0 atom stereocenters. The molecule has 0 amide bonds. The number of halogens is 9. The first kappa shape index (κ1) is 22.1. The average Bonchev–Trinajstić information content (AvgIpc) is 2.40. The van der Waals surface area contributed by atoms with Gasteiger partial charge in [0.2, 0.25) is 0 Å². The fourth-order valence-corrected chi connectivity index (χ4v) is 1.77. The molecule has 0 aliphatic heterocycles. The predicted molar refractivity (Wildman–Crippen MR) is 68.0 cm³/mol. The maximum atomic E-state index is 13.1. The second kappa shape index (κ2) is 8.28. The molecule has 0 N–H and O–H groups in total. The van der Waals surface area contributed by atoms with Crippen LogP contribution in [0.3, 0.4) is 0 Å². The van der Waals surface area contributed by atoms with E-state index in [1.165, 1.54) is 0 Å². The number of rotatable bonds is 10. The zero-order chi connectivity index (χ0) is 18.4. The van der Waals surface area contributed by atoms with E-state index < -0.39 is 30.0 Å². The van der Waals surface area contributed by atoms with E-state index in [9.17, 15) is 39.5 Å². The van der Waals surface area contributed by atoms with Crippen molar-refractivity contribution in [2.75, 3.05) is 0 Å². The second-order valence-corrected chi connectivity index (χ2v) is 5.23. The maximum Gasteiger partial charge on any atom is 0.460 e. The first-order valence-corrected chi connectivity index (χ1v) is 7.19. The molecule has 0 aliphatic carbocycles. The summed E-state index contributed by atoms with van der Waals surface area (Å²) >= 11 is 0. The van der Waals surface area contributed by atoms with Gasteiger partial charge < -0.3 is 0 Å².